The van der Waals surface area contributed by atoms with Crippen molar-refractivity contribution in [3.8, 4) is 0 Å². The van der Waals surface area contributed by atoms with Crippen LogP contribution in [0.1, 0.15) is 35.1 Å². The van der Waals surface area contributed by atoms with Gasteiger partial charge in [0.2, 0.25) is 0 Å². The first-order valence-corrected chi connectivity index (χ1v) is 7.35. The van der Waals surface area contributed by atoms with E-state index in [2.05, 4.69) is 45.3 Å². The first-order valence-electron chi connectivity index (χ1n) is 7.35. The fraction of sp³-hybridized carbons (Fsp3) is 0.647. The summed E-state index contributed by atoms with van der Waals surface area (Å²) in [5.41, 5.74) is 6.53. The molecular formula is C17H25NO. The average Bonchev–Trinajstić information content (AvgIpc) is 3.02. The molecule has 19 heavy (non-hydrogen) atoms. The van der Waals surface area contributed by atoms with Crippen LogP contribution in [0, 0.1) is 26.2 Å². The quantitative estimate of drug-likeness (QED) is 0.897. The third-order valence-corrected chi connectivity index (χ3v) is 5.24. The standard InChI is InChI=1S/C17H25NO/c1-12-7-13(2)15(14(3)8-12)17(10-19-11-17)16(5-6-16)9-18-4/h7-8,18H,5-6,9-11H2,1-4H3. The van der Waals surface area contributed by atoms with Gasteiger partial charge in [-0.15, -0.1) is 0 Å². The Kier molecular flexibility index (Phi) is 2.99. The molecule has 0 radical (unpaired) electrons. The monoisotopic (exact) mass is 259 g/mol. The lowest BCUT2D eigenvalue weighted by atomic mass is 9.63. The van der Waals surface area contributed by atoms with Crippen molar-refractivity contribution < 1.29 is 4.74 Å². The highest BCUT2D eigenvalue weighted by atomic mass is 16.5. The molecule has 1 saturated heterocycles. The van der Waals surface area contributed by atoms with Crippen molar-refractivity contribution in [2.75, 3.05) is 26.8 Å². The maximum Gasteiger partial charge on any atom is 0.0591 e. The molecule has 1 aliphatic carbocycles. The number of aryl methyl sites for hydroxylation is 3. The summed E-state index contributed by atoms with van der Waals surface area (Å²) in [7, 11) is 2.07. The summed E-state index contributed by atoms with van der Waals surface area (Å²) >= 11 is 0. The summed E-state index contributed by atoms with van der Waals surface area (Å²) in [5.74, 6) is 0. The minimum absolute atomic E-state index is 0.262. The maximum absolute atomic E-state index is 5.68. The zero-order valence-electron chi connectivity index (χ0n) is 12.6. The number of hydrogen-bond donors (Lipinski definition) is 1. The van der Waals surface area contributed by atoms with E-state index < -0.39 is 0 Å². The molecule has 2 aliphatic rings. The Morgan fingerprint density at radius 1 is 1.11 bits per heavy atom. The molecule has 1 aromatic rings. The molecule has 0 aromatic heterocycles. The molecule has 2 nitrogen and oxygen atoms in total. The molecule has 0 bridgehead atoms. The molecule has 1 N–H and O–H groups in total. The van der Waals surface area contributed by atoms with Crippen molar-refractivity contribution in [3.63, 3.8) is 0 Å². The largest absolute Gasteiger partial charge is 0.379 e. The predicted octanol–water partition coefficient (Wildman–Crippen LogP) is 2.88. The minimum Gasteiger partial charge on any atom is -0.379 e. The molecule has 1 aliphatic heterocycles. The normalized spacial score (nSPS) is 22.9. The zero-order valence-corrected chi connectivity index (χ0v) is 12.6. The smallest absolute Gasteiger partial charge is 0.0591 e. The Labute approximate surface area is 116 Å². The van der Waals surface area contributed by atoms with Crippen LogP contribution in [0.5, 0.6) is 0 Å². The highest BCUT2D eigenvalue weighted by molar-refractivity contribution is 5.47. The summed E-state index contributed by atoms with van der Waals surface area (Å²) in [6, 6.07) is 4.66. The highest BCUT2D eigenvalue weighted by Crippen LogP contribution is 2.63. The van der Waals surface area contributed by atoms with Crippen LogP contribution in [-0.4, -0.2) is 26.8 Å². The molecule has 1 saturated carbocycles. The van der Waals surface area contributed by atoms with Crippen LogP contribution in [0.2, 0.25) is 0 Å². The molecule has 1 aromatic carbocycles. The summed E-state index contributed by atoms with van der Waals surface area (Å²) in [4.78, 5) is 0. The summed E-state index contributed by atoms with van der Waals surface area (Å²) < 4.78 is 5.68. The van der Waals surface area contributed by atoms with Gasteiger partial charge in [-0.1, -0.05) is 17.7 Å². The van der Waals surface area contributed by atoms with Crippen molar-refractivity contribution in [3.05, 3.63) is 34.4 Å². The second-order valence-corrected chi connectivity index (χ2v) is 6.66. The number of nitrogens with one attached hydrogen (secondary N) is 1. The first-order chi connectivity index (χ1) is 9.05. The molecule has 0 amide bonds. The third-order valence-electron chi connectivity index (χ3n) is 5.24. The summed E-state index contributed by atoms with van der Waals surface area (Å²) in [6.45, 7) is 9.64. The number of rotatable bonds is 4. The van der Waals surface area contributed by atoms with E-state index in [4.69, 9.17) is 4.74 Å². The van der Waals surface area contributed by atoms with Crippen LogP contribution < -0.4 is 5.32 Å². The van der Waals surface area contributed by atoms with Gasteiger partial charge in [-0.2, -0.15) is 0 Å². The molecule has 1 heterocycles. The second kappa shape index (κ2) is 4.32. The molecule has 2 fully saturated rings. The van der Waals surface area contributed by atoms with E-state index in [1.807, 2.05) is 0 Å². The van der Waals surface area contributed by atoms with Gasteiger partial charge in [0.05, 0.1) is 13.2 Å². The molecule has 0 unspecified atom stereocenters. The summed E-state index contributed by atoms with van der Waals surface area (Å²) in [6.07, 6.45) is 2.67. The lowest BCUT2D eigenvalue weighted by Gasteiger charge is -2.50. The zero-order chi connectivity index (χ0) is 13.7. The molecule has 0 spiro atoms. The van der Waals surface area contributed by atoms with Crippen molar-refractivity contribution in [2.45, 2.75) is 39.0 Å². The van der Waals surface area contributed by atoms with Crippen molar-refractivity contribution in [1.82, 2.24) is 5.32 Å². The van der Waals surface area contributed by atoms with Gasteiger partial charge in [0.15, 0.2) is 0 Å². The molecule has 0 atom stereocenters. The van der Waals surface area contributed by atoms with E-state index in [0.717, 1.165) is 19.8 Å². The second-order valence-electron chi connectivity index (χ2n) is 6.66. The SMILES string of the molecule is CNCC1(C2(c3c(C)cc(C)cc3C)COC2)CC1. The lowest BCUT2D eigenvalue weighted by molar-refractivity contribution is -0.0992. The van der Waals surface area contributed by atoms with Gasteiger partial charge < -0.3 is 10.1 Å². The van der Waals surface area contributed by atoms with Crippen LogP contribution in [0.4, 0.5) is 0 Å². The Balaban J connectivity index is 2.09. The van der Waals surface area contributed by atoms with Gasteiger partial charge in [-0.05, 0) is 62.8 Å². The highest BCUT2D eigenvalue weighted by Gasteiger charge is 2.63. The van der Waals surface area contributed by atoms with Crippen molar-refractivity contribution in [1.29, 1.82) is 0 Å². The van der Waals surface area contributed by atoms with Crippen LogP contribution in [0.15, 0.2) is 12.1 Å². The van der Waals surface area contributed by atoms with E-state index in [9.17, 15) is 0 Å². The predicted molar refractivity (Wildman–Crippen MR) is 78.7 cm³/mol. The Morgan fingerprint density at radius 3 is 2.05 bits per heavy atom. The Hall–Kier alpha value is -0.860. The Bertz CT molecular complexity index is 475. The van der Waals surface area contributed by atoms with Gasteiger partial charge in [0, 0.05) is 12.0 Å². The number of hydrogen-bond acceptors (Lipinski definition) is 2. The first kappa shape index (κ1) is 13.1. The average molecular weight is 259 g/mol. The van der Waals surface area contributed by atoms with Crippen LogP contribution >= 0.6 is 0 Å². The lowest BCUT2D eigenvalue weighted by Crippen LogP contribution is -2.57. The van der Waals surface area contributed by atoms with Gasteiger partial charge in [-0.25, -0.2) is 0 Å². The molecule has 3 rings (SSSR count). The summed E-state index contributed by atoms with van der Waals surface area (Å²) in [5, 5.41) is 3.41. The molecule has 104 valence electrons. The topological polar surface area (TPSA) is 21.3 Å². The van der Waals surface area contributed by atoms with Gasteiger partial charge >= 0.3 is 0 Å². The Morgan fingerprint density at radius 2 is 1.68 bits per heavy atom. The van der Waals surface area contributed by atoms with Crippen LogP contribution in [0.3, 0.4) is 0 Å². The van der Waals surface area contributed by atoms with Gasteiger partial charge in [0.25, 0.3) is 0 Å². The minimum atomic E-state index is 0.262. The van der Waals surface area contributed by atoms with E-state index in [1.165, 1.54) is 29.5 Å². The molecular weight excluding hydrogens is 234 g/mol. The van der Waals surface area contributed by atoms with Crippen LogP contribution in [0.25, 0.3) is 0 Å². The van der Waals surface area contributed by atoms with E-state index in [-0.39, 0.29) is 5.41 Å². The maximum atomic E-state index is 5.68. The van der Waals surface area contributed by atoms with E-state index >= 15 is 0 Å². The third kappa shape index (κ3) is 1.77. The van der Waals surface area contributed by atoms with Crippen LogP contribution in [-0.2, 0) is 10.2 Å². The van der Waals surface area contributed by atoms with Gasteiger partial charge in [0.1, 0.15) is 0 Å². The van der Waals surface area contributed by atoms with Crippen molar-refractivity contribution in [2.24, 2.45) is 5.41 Å². The fourth-order valence-corrected chi connectivity index (χ4v) is 4.27. The van der Waals surface area contributed by atoms with Gasteiger partial charge in [-0.3, -0.25) is 0 Å². The van der Waals surface area contributed by atoms with Crippen molar-refractivity contribution >= 4 is 0 Å². The van der Waals surface area contributed by atoms with E-state index in [0.29, 0.717) is 5.41 Å². The fourth-order valence-electron chi connectivity index (χ4n) is 4.27. The molecule has 2 heteroatoms. The van der Waals surface area contributed by atoms with E-state index in [1.54, 1.807) is 5.56 Å². The number of benzene rings is 1. The number of ether oxygens (including phenoxy) is 1.